The number of anilines is 1. The van der Waals surface area contributed by atoms with Crippen LogP contribution in [0.1, 0.15) is 36.5 Å². The molecule has 0 fully saturated rings. The molecule has 0 atom stereocenters. The maximum Gasteiger partial charge on any atom is 0.319 e. The summed E-state index contributed by atoms with van der Waals surface area (Å²) in [7, 11) is 1.55. The second-order valence-electron chi connectivity index (χ2n) is 7.24. The molecule has 2 aromatic carbocycles. The van der Waals surface area contributed by atoms with Gasteiger partial charge in [-0.3, -0.25) is 0 Å². The van der Waals surface area contributed by atoms with Gasteiger partial charge in [0.05, 0.1) is 5.69 Å². The molecule has 5 heteroatoms. The third kappa shape index (κ3) is 7.24. The maximum atomic E-state index is 11.5. The van der Waals surface area contributed by atoms with Gasteiger partial charge in [0, 0.05) is 20.1 Å². The fraction of sp³-hybridized carbons (Fsp3) is 0.435. The molecule has 0 aliphatic carbocycles. The smallest absolute Gasteiger partial charge is 0.319 e. The normalized spacial score (nSPS) is 10.9. The summed E-state index contributed by atoms with van der Waals surface area (Å²) in [4.78, 5) is 14.0. The Labute approximate surface area is 168 Å². The number of rotatable bonds is 10. The lowest BCUT2D eigenvalue weighted by molar-refractivity contribution is 0.254. The summed E-state index contributed by atoms with van der Waals surface area (Å²) in [5.74, 6) is 0.0783. The predicted octanol–water partition coefficient (Wildman–Crippen LogP) is 4.34. The minimum Gasteiger partial charge on any atom is -0.506 e. The Morgan fingerprint density at radius 2 is 1.64 bits per heavy atom. The molecule has 0 aliphatic rings. The summed E-state index contributed by atoms with van der Waals surface area (Å²) in [6, 6.07) is 13.8. The summed E-state index contributed by atoms with van der Waals surface area (Å²) < 4.78 is 0. The Kier molecular flexibility index (Phi) is 8.82. The molecule has 152 valence electrons. The monoisotopic (exact) mass is 383 g/mol. The van der Waals surface area contributed by atoms with E-state index >= 15 is 0 Å². The van der Waals surface area contributed by atoms with Crippen LogP contribution in [-0.4, -0.2) is 42.7 Å². The predicted molar refractivity (Wildman–Crippen MR) is 116 cm³/mol. The van der Waals surface area contributed by atoms with Crippen molar-refractivity contribution >= 4 is 11.7 Å². The molecular formula is C23H33N3O2. The van der Waals surface area contributed by atoms with Crippen LogP contribution in [0.4, 0.5) is 10.5 Å². The lowest BCUT2D eigenvalue weighted by atomic mass is 10.1. The Hall–Kier alpha value is -2.53. The molecule has 0 heterocycles. The molecule has 0 bridgehead atoms. The third-order valence-electron chi connectivity index (χ3n) is 4.92. The van der Waals surface area contributed by atoms with Crippen molar-refractivity contribution in [3.8, 4) is 5.75 Å². The second-order valence-corrected chi connectivity index (χ2v) is 7.24. The van der Waals surface area contributed by atoms with Gasteiger partial charge in [-0.2, -0.15) is 0 Å². The van der Waals surface area contributed by atoms with E-state index in [1.165, 1.54) is 24.0 Å². The first-order valence-corrected chi connectivity index (χ1v) is 10.1. The number of aromatic hydroxyl groups is 1. The zero-order chi connectivity index (χ0) is 20.4. The van der Waals surface area contributed by atoms with Crippen molar-refractivity contribution in [1.82, 2.24) is 10.2 Å². The first-order chi connectivity index (χ1) is 13.5. The fourth-order valence-electron chi connectivity index (χ4n) is 3.07. The van der Waals surface area contributed by atoms with Crippen molar-refractivity contribution < 1.29 is 9.90 Å². The van der Waals surface area contributed by atoms with Crippen LogP contribution in [0.2, 0.25) is 0 Å². The lowest BCUT2D eigenvalue weighted by Crippen LogP contribution is -2.29. The third-order valence-corrected chi connectivity index (χ3v) is 4.92. The number of carbonyl (C=O) groups is 1. The molecule has 0 unspecified atom stereocenters. The second kappa shape index (κ2) is 11.3. The van der Waals surface area contributed by atoms with E-state index in [2.05, 4.69) is 53.6 Å². The number of hydrogen-bond donors (Lipinski definition) is 3. The molecule has 0 aromatic heterocycles. The highest BCUT2D eigenvalue weighted by atomic mass is 16.3. The SMILES string of the molecule is CCCCN(CCc1ccc(C)cc1)CCc1ccc(O)c(NC(=O)NC)c1. The standard InChI is InChI=1S/C23H33N3O2/c1-4-5-14-26(15-12-19-8-6-18(2)7-9-19)16-13-20-10-11-22(27)21(17-20)25-23(28)24-3/h6-11,17,27H,4-5,12-16H2,1-3H3,(H2,24,25,28). The summed E-state index contributed by atoms with van der Waals surface area (Å²) in [6.45, 7) is 7.40. The zero-order valence-corrected chi connectivity index (χ0v) is 17.3. The average molecular weight is 384 g/mol. The Morgan fingerprint density at radius 1 is 1.00 bits per heavy atom. The molecular weight excluding hydrogens is 350 g/mol. The van der Waals surface area contributed by atoms with Crippen molar-refractivity contribution in [2.45, 2.75) is 39.5 Å². The number of amides is 2. The number of unbranched alkanes of at least 4 members (excludes halogenated alkanes) is 1. The number of nitrogens with zero attached hydrogens (tertiary/aromatic N) is 1. The van der Waals surface area contributed by atoms with Crippen LogP contribution in [0.3, 0.4) is 0 Å². The van der Waals surface area contributed by atoms with Crippen LogP contribution in [0.15, 0.2) is 42.5 Å². The molecule has 0 aliphatic heterocycles. The fourth-order valence-corrected chi connectivity index (χ4v) is 3.07. The van der Waals surface area contributed by atoms with Gasteiger partial charge in [0.1, 0.15) is 5.75 Å². The van der Waals surface area contributed by atoms with Gasteiger partial charge < -0.3 is 20.6 Å². The van der Waals surface area contributed by atoms with Gasteiger partial charge in [0.2, 0.25) is 0 Å². The number of benzene rings is 2. The van der Waals surface area contributed by atoms with E-state index in [1.54, 1.807) is 13.1 Å². The average Bonchev–Trinajstić information content (AvgIpc) is 2.70. The van der Waals surface area contributed by atoms with Crippen molar-refractivity contribution in [2.75, 3.05) is 32.0 Å². The van der Waals surface area contributed by atoms with Crippen LogP contribution in [0.5, 0.6) is 5.75 Å². The Morgan fingerprint density at radius 3 is 2.29 bits per heavy atom. The molecule has 2 aromatic rings. The number of urea groups is 1. The van der Waals surface area contributed by atoms with Gasteiger partial charge >= 0.3 is 6.03 Å². The van der Waals surface area contributed by atoms with E-state index in [9.17, 15) is 9.90 Å². The molecule has 3 N–H and O–H groups in total. The van der Waals surface area contributed by atoms with Crippen LogP contribution in [0, 0.1) is 6.92 Å². The maximum absolute atomic E-state index is 11.5. The molecule has 5 nitrogen and oxygen atoms in total. The Balaban J connectivity index is 1.95. The number of phenolic OH excluding ortho intramolecular Hbond substituents is 1. The number of carbonyl (C=O) groups excluding carboxylic acids is 1. The van der Waals surface area contributed by atoms with Crippen molar-refractivity contribution in [1.29, 1.82) is 0 Å². The van der Waals surface area contributed by atoms with Crippen molar-refractivity contribution in [3.05, 3.63) is 59.2 Å². The minimum atomic E-state index is -0.338. The molecule has 0 saturated heterocycles. The number of nitrogens with one attached hydrogen (secondary N) is 2. The number of hydrogen-bond acceptors (Lipinski definition) is 3. The Bertz CT molecular complexity index is 744. The van der Waals surface area contributed by atoms with Crippen molar-refractivity contribution in [2.24, 2.45) is 0 Å². The molecule has 0 radical (unpaired) electrons. The van der Waals surface area contributed by atoms with Crippen LogP contribution < -0.4 is 10.6 Å². The molecule has 2 amide bonds. The van der Waals surface area contributed by atoms with Crippen LogP contribution in [-0.2, 0) is 12.8 Å². The first kappa shape index (κ1) is 21.8. The van der Waals surface area contributed by atoms with E-state index < -0.39 is 0 Å². The van der Waals surface area contributed by atoms with Gasteiger partial charge in [-0.25, -0.2) is 4.79 Å². The number of phenols is 1. The number of aryl methyl sites for hydroxylation is 1. The highest BCUT2D eigenvalue weighted by molar-refractivity contribution is 5.90. The van der Waals surface area contributed by atoms with E-state index in [0.29, 0.717) is 5.69 Å². The minimum absolute atomic E-state index is 0.0783. The van der Waals surface area contributed by atoms with Crippen LogP contribution in [0.25, 0.3) is 0 Å². The molecule has 28 heavy (non-hydrogen) atoms. The van der Waals surface area contributed by atoms with E-state index in [-0.39, 0.29) is 11.8 Å². The van der Waals surface area contributed by atoms with E-state index in [4.69, 9.17) is 0 Å². The van der Waals surface area contributed by atoms with Gasteiger partial charge in [-0.05, 0) is 56.0 Å². The van der Waals surface area contributed by atoms with E-state index in [0.717, 1.165) is 38.0 Å². The summed E-state index contributed by atoms with van der Waals surface area (Å²) in [5.41, 5.74) is 4.20. The van der Waals surface area contributed by atoms with Gasteiger partial charge in [-0.15, -0.1) is 0 Å². The summed E-state index contributed by atoms with van der Waals surface area (Å²) >= 11 is 0. The van der Waals surface area contributed by atoms with Gasteiger partial charge in [-0.1, -0.05) is 49.2 Å². The quantitative estimate of drug-likeness (QED) is 0.535. The van der Waals surface area contributed by atoms with Crippen molar-refractivity contribution in [3.63, 3.8) is 0 Å². The molecule has 2 rings (SSSR count). The summed E-state index contributed by atoms with van der Waals surface area (Å²) in [6.07, 6.45) is 4.29. The zero-order valence-electron chi connectivity index (χ0n) is 17.3. The highest BCUT2D eigenvalue weighted by Gasteiger charge is 2.09. The first-order valence-electron chi connectivity index (χ1n) is 10.1. The van der Waals surface area contributed by atoms with Gasteiger partial charge in [0.25, 0.3) is 0 Å². The van der Waals surface area contributed by atoms with E-state index in [1.807, 2.05) is 12.1 Å². The largest absolute Gasteiger partial charge is 0.506 e. The lowest BCUT2D eigenvalue weighted by Gasteiger charge is -2.22. The molecule has 0 saturated carbocycles. The highest BCUT2D eigenvalue weighted by Crippen LogP contribution is 2.24. The van der Waals surface area contributed by atoms with Crippen LogP contribution >= 0.6 is 0 Å². The topological polar surface area (TPSA) is 64.6 Å². The molecule has 0 spiro atoms. The van der Waals surface area contributed by atoms with Gasteiger partial charge in [0.15, 0.2) is 0 Å². The summed E-state index contributed by atoms with van der Waals surface area (Å²) in [5, 5.41) is 15.1.